The Morgan fingerprint density at radius 2 is 2.46 bits per heavy atom. The zero-order valence-electron chi connectivity index (χ0n) is 8.37. The van der Waals surface area contributed by atoms with Gasteiger partial charge in [0, 0.05) is 26.1 Å². The third-order valence-electron chi connectivity index (χ3n) is 2.43. The molecule has 0 aromatic heterocycles. The van der Waals surface area contributed by atoms with Crippen molar-refractivity contribution in [1.82, 2.24) is 4.90 Å². The fraction of sp³-hybridized carbons (Fsp3) is 0.900. The number of carbonyl (C=O) groups excluding carboxylic acids is 1. The lowest BCUT2D eigenvalue weighted by Gasteiger charge is -2.31. The first-order chi connectivity index (χ1) is 6.36. The summed E-state index contributed by atoms with van der Waals surface area (Å²) in [6.45, 7) is 5.85. The summed E-state index contributed by atoms with van der Waals surface area (Å²) < 4.78 is 5.56. The lowest BCUT2D eigenvalue weighted by atomic mass is 10.1. The molecule has 0 N–H and O–H groups in total. The van der Waals surface area contributed by atoms with Crippen molar-refractivity contribution in [3.05, 3.63) is 0 Å². The molecule has 0 spiro atoms. The van der Waals surface area contributed by atoms with Crippen LogP contribution in [0.5, 0.6) is 0 Å². The van der Waals surface area contributed by atoms with E-state index in [2.05, 4.69) is 4.90 Å². The van der Waals surface area contributed by atoms with Crippen molar-refractivity contribution in [2.75, 3.05) is 26.2 Å². The van der Waals surface area contributed by atoms with Gasteiger partial charge in [-0.3, -0.25) is 0 Å². The van der Waals surface area contributed by atoms with Crippen LogP contribution >= 0.6 is 0 Å². The summed E-state index contributed by atoms with van der Waals surface area (Å²) in [5.41, 5.74) is 0. The van der Waals surface area contributed by atoms with Crippen LogP contribution in [0.4, 0.5) is 0 Å². The maximum absolute atomic E-state index is 10.2. The lowest BCUT2D eigenvalue weighted by Crippen LogP contribution is -2.40. The maximum Gasteiger partial charge on any atom is 0.121 e. The van der Waals surface area contributed by atoms with Crippen molar-refractivity contribution in [2.45, 2.75) is 32.3 Å². The molecule has 1 aliphatic heterocycles. The first kappa shape index (κ1) is 10.7. The normalized spacial score (nSPS) is 24.5. The fourth-order valence-electron chi connectivity index (χ4n) is 1.82. The molecule has 0 amide bonds. The number of piperidine rings is 1. The molecule has 1 atom stereocenters. The van der Waals surface area contributed by atoms with Gasteiger partial charge in [-0.1, -0.05) is 0 Å². The number of ether oxygens (including phenoxy) is 1. The molecule has 3 nitrogen and oxygen atoms in total. The van der Waals surface area contributed by atoms with Crippen molar-refractivity contribution >= 4 is 6.29 Å². The van der Waals surface area contributed by atoms with Gasteiger partial charge in [-0.15, -0.1) is 0 Å². The minimum absolute atomic E-state index is 0.394. The van der Waals surface area contributed by atoms with Crippen molar-refractivity contribution in [3.63, 3.8) is 0 Å². The molecule has 13 heavy (non-hydrogen) atoms. The highest BCUT2D eigenvalue weighted by Gasteiger charge is 2.18. The summed E-state index contributed by atoms with van der Waals surface area (Å²) in [4.78, 5) is 12.5. The Morgan fingerprint density at radius 3 is 3.15 bits per heavy atom. The minimum atomic E-state index is 0.394. The van der Waals surface area contributed by atoms with E-state index in [0.29, 0.717) is 12.5 Å². The molecular weight excluding hydrogens is 166 g/mol. The molecule has 1 unspecified atom stereocenters. The summed E-state index contributed by atoms with van der Waals surface area (Å²) >= 11 is 0. The molecule has 0 bridgehead atoms. The fourth-order valence-corrected chi connectivity index (χ4v) is 1.82. The quantitative estimate of drug-likeness (QED) is 0.600. The van der Waals surface area contributed by atoms with E-state index < -0.39 is 0 Å². The van der Waals surface area contributed by atoms with Crippen LogP contribution in [0.3, 0.4) is 0 Å². The third kappa shape index (κ3) is 3.87. The van der Waals surface area contributed by atoms with Crippen LogP contribution in [0.15, 0.2) is 0 Å². The highest BCUT2D eigenvalue weighted by molar-refractivity contribution is 5.49. The van der Waals surface area contributed by atoms with Crippen LogP contribution < -0.4 is 0 Å². The van der Waals surface area contributed by atoms with Gasteiger partial charge in [0.15, 0.2) is 0 Å². The molecule has 1 heterocycles. The van der Waals surface area contributed by atoms with Gasteiger partial charge in [-0.2, -0.15) is 0 Å². The topological polar surface area (TPSA) is 29.5 Å². The second-order valence-corrected chi connectivity index (χ2v) is 3.48. The van der Waals surface area contributed by atoms with E-state index in [0.717, 1.165) is 32.5 Å². The number of aldehydes is 1. The van der Waals surface area contributed by atoms with E-state index in [1.54, 1.807) is 0 Å². The number of likely N-dealkylation sites (tertiary alicyclic amines) is 1. The standard InChI is InChI=1S/C10H19NO2/c1-2-13-10-5-3-6-11(9-10)7-4-8-12/h8,10H,2-7,9H2,1H3. The maximum atomic E-state index is 10.2. The summed E-state index contributed by atoms with van der Waals surface area (Å²) in [5, 5.41) is 0. The van der Waals surface area contributed by atoms with E-state index in [1.807, 2.05) is 6.92 Å². The molecule has 76 valence electrons. The van der Waals surface area contributed by atoms with Crippen molar-refractivity contribution in [1.29, 1.82) is 0 Å². The van der Waals surface area contributed by atoms with Crippen molar-refractivity contribution in [2.24, 2.45) is 0 Å². The van der Waals surface area contributed by atoms with E-state index in [1.165, 1.54) is 12.8 Å². The Hall–Kier alpha value is -0.410. The Balaban J connectivity index is 2.20. The van der Waals surface area contributed by atoms with Crippen molar-refractivity contribution in [3.8, 4) is 0 Å². The Kier molecular flexibility index (Phi) is 5.01. The molecule has 1 aliphatic rings. The molecule has 1 fully saturated rings. The summed E-state index contributed by atoms with van der Waals surface area (Å²) in [7, 11) is 0. The molecule has 0 saturated carbocycles. The second kappa shape index (κ2) is 6.11. The van der Waals surface area contributed by atoms with E-state index in [9.17, 15) is 4.79 Å². The van der Waals surface area contributed by atoms with Crippen LogP contribution in [-0.2, 0) is 9.53 Å². The summed E-state index contributed by atoms with van der Waals surface area (Å²) in [6, 6.07) is 0. The molecule has 1 saturated heterocycles. The molecular formula is C10H19NO2. The predicted octanol–water partition coefficient (Wildman–Crippen LogP) is 1.08. The Labute approximate surface area is 80.1 Å². The van der Waals surface area contributed by atoms with Gasteiger partial charge in [0.2, 0.25) is 0 Å². The zero-order valence-corrected chi connectivity index (χ0v) is 8.37. The van der Waals surface area contributed by atoms with Gasteiger partial charge in [0.05, 0.1) is 6.10 Å². The molecule has 0 aromatic rings. The monoisotopic (exact) mass is 185 g/mol. The highest BCUT2D eigenvalue weighted by Crippen LogP contribution is 2.12. The van der Waals surface area contributed by atoms with E-state index in [4.69, 9.17) is 4.74 Å². The Morgan fingerprint density at radius 1 is 1.62 bits per heavy atom. The molecule has 0 radical (unpaired) electrons. The number of nitrogens with zero attached hydrogens (tertiary/aromatic N) is 1. The third-order valence-corrected chi connectivity index (χ3v) is 2.43. The summed E-state index contributed by atoms with van der Waals surface area (Å²) in [6.07, 6.45) is 4.41. The number of carbonyl (C=O) groups is 1. The molecule has 3 heteroatoms. The average Bonchev–Trinajstić information content (AvgIpc) is 2.16. The van der Waals surface area contributed by atoms with Crippen LogP contribution in [0.25, 0.3) is 0 Å². The smallest absolute Gasteiger partial charge is 0.121 e. The van der Waals surface area contributed by atoms with E-state index in [-0.39, 0.29) is 0 Å². The lowest BCUT2D eigenvalue weighted by molar-refractivity contribution is -0.108. The largest absolute Gasteiger partial charge is 0.377 e. The summed E-state index contributed by atoms with van der Waals surface area (Å²) in [5.74, 6) is 0. The molecule has 1 rings (SSSR count). The van der Waals surface area contributed by atoms with E-state index >= 15 is 0 Å². The average molecular weight is 185 g/mol. The van der Waals surface area contributed by atoms with Gasteiger partial charge >= 0.3 is 0 Å². The number of hydrogen-bond donors (Lipinski definition) is 0. The first-order valence-electron chi connectivity index (χ1n) is 5.14. The van der Waals surface area contributed by atoms with Gasteiger partial charge in [0.1, 0.15) is 6.29 Å². The first-order valence-corrected chi connectivity index (χ1v) is 5.14. The van der Waals surface area contributed by atoms with Gasteiger partial charge < -0.3 is 14.4 Å². The Bertz CT molecular complexity index is 148. The van der Waals surface area contributed by atoms with Crippen LogP contribution in [0, 0.1) is 0 Å². The second-order valence-electron chi connectivity index (χ2n) is 3.48. The SMILES string of the molecule is CCOC1CCCN(CCC=O)C1. The van der Waals surface area contributed by atoms with Crippen LogP contribution in [0.2, 0.25) is 0 Å². The predicted molar refractivity (Wildman–Crippen MR) is 51.8 cm³/mol. The number of hydrogen-bond acceptors (Lipinski definition) is 3. The van der Waals surface area contributed by atoms with Crippen LogP contribution in [0.1, 0.15) is 26.2 Å². The molecule has 0 aliphatic carbocycles. The highest BCUT2D eigenvalue weighted by atomic mass is 16.5. The van der Waals surface area contributed by atoms with Gasteiger partial charge in [0.25, 0.3) is 0 Å². The van der Waals surface area contributed by atoms with Gasteiger partial charge in [-0.25, -0.2) is 0 Å². The van der Waals surface area contributed by atoms with Crippen molar-refractivity contribution < 1.29 is 9.53 Å². The molecule has 0 aromatic carbocycles. The number of rotatable bonds is 5. The minimum Gasteiger partial charge on any atom is -0.377 e. The van der Waals surface area contributed by atoms with Gasteiger partial charge in [-0.05, 0) is 26.3 Å². The van der Waals surface area contributed by atoms with Crippen LogP contribution in [-0.4, -0.2) is 43.5 Å². The zero-order chi connectivity index (χ0) is 9.52.